The first-order valence-electron chi connectivity index (χ1n) is 12.5. The van der Waals surface area contributed by atoms with Gasteiger partial charge >= 0.3 is 0 Å². The van der Waals surface area contributed by atoms with E-state index in [0.29, 0.717) is 12.0 Å². The lowest BCUT2D eigenvalue weighted by Gasteiger charge is -2.41. The maximum Gasteiger partial charge on any atom is 0.0589 e. The van der Waals surface area contributed by atoms with Gasteiger partial charge in [0, 0.05) is 57.3 Å². The molecule has 1 aliphatic rings. The minimum absolute atomic E-state index is 0.460. The number of piperidine rings is 1. The second kappa shape index (κ2) is 12.2. The maximum atomic E-state index is 5.52. The normalized spacial score (nSPS) is 16.2. The number of ether oxygens (including phenoxy) is 1. The van der Waals surface area contributed by atoms with E-state index < -0.39 is 0 Å². The number of benzene rings is 1. The van der Waals surface area contributed by atoms with Crippen LogP contribution in [0.5, 0.6) is 0 Å². The van der Waals surface area contributed by atoms with E-state index in [2.05, 4.69) is 69.3 Å². The lowest BCUT2D eigenvalue weighted by atomic mass is 9.84. The Morgan fingerprint density at radius 3 is 2.50 bits per heavy atom. The molecule has 3 heterocycles. The van der Waals surface area contributed by atoms with Gasteiger partial charge in [-0.1, -0.05) is 36.4 Å². The molecule has 34 heavy (non-hydrogen) atoms. The second-order valence-electron chi connectivity index (χ2n) is 9.53. The van der Waals surface area contributed by atoms with Crippen LogP contribution < -0.4 is 0 Å². The molecule has 0 saturated carbocycles. The smallest absolute Gasteiger partial charge is 0.0589 e. The number of methoxy groups -OCH3 is 1. The lowest BCUT2D eigenvalue weighted by molar-refractivity contribution is 0.0563. The monoisotopic (exact) mass is 461 g/mol. The highest BCUT2D eigenvalue weighted by Crippen LogP contribution is 2.29. The number of hydrogen-bond acceptors (Lipinski definition) is 5. The molecule has 0 spiro atoms. The fraction of sp³-hybridized carbons (Fsp3) is 0.500. The summed E-state index contributed by atoms with van der Waals surface area (Å²) in [5.74, 6) is 0.645. The number of aromatic nitrogens is 3. The van der Waals surface area contributed by atoms with Gasteiger partial charge in [0.15, 0.2) is 0 Å². The van der Waals surface area contributed by atoms with E-state index in [1.165, 1.54) is 29.7 Å². The van der Waals surface area contributed by atoms with Crippen LogP contribution in [0, 0.1) is 12.8 Å². The van der Waals surface area contributed by atoms with Crippen LogP contribution in [-0.2, 0) is 31.3 Å². The van der Waals surface area contributed by atoms with Gasteiger partial charge < -0.3 is 4.74 Å². The number of nitrogens with zero attached hydrogens (tertiary/aromatic N) is 5. The molecule has 0 radical (unpaired) electrons. The quantitative estimate of drug-likeness (QED) is 0.430. The van der Waals surface area contributed by atoms with Crippen molar-refractivity contribution >= 4 is 0 Å². The van der Waals surface area contributed by atoms with E-state index in [-0.39, 0.29) is 0 Å². The summed E-state index contributed by atoms with van der Waals surface area (Å²) in [6.07, 6.45) is 7.41. The van der Waals surface area contributed by atoms with Gasteiger partial charge in [-0.15, -0.1) is 0 Å². The van der Waals surface area contributed by atoms with E-state index in [4.69, 9.17) is 4.74 Å². The largest absolute Gasteiger partial charge is 0.383 e. The molecule has 1 saturated heterocycles. The Bertz CT molecular complexity index is 983. The Labute approximate surface area is 204 Å². The summed E-state index contributed by atoms with van der Waals surface area (Å²) in [6.45, 7) is 7.93. The average Bonchev–Trinajstić information content (AvgIpc) is 3.19. The van der Waals surface area contributed by atoms with Crippen molar-refractivity contribution in [1.29, 1.82) is 0 Å². The molecule has 0 bridgehead atoms. The summed E-state index contributed by atoms with van der Waals surface area (Å²) >= 11 is 0. The summed E-state index contributed by atoms with van der Waals surface area (Å²) in [7, 11) is 3.82. The highest BCUT2D eigenvalue weighted by atomic mass is 16.5. The zero-order chi connectivity index (χ0) is 23.8. The maximum absolute atomic E-state index is 5.52. The second-order valence-corrected chi connectivity index (χ2v) is 9.53. The van der Waals surface area contributed by atoms with Crippen molar-refractivity contribution in [2.45, 2.75) is 45.3 Å². The van der Waals surface area contributed by atoms with E-state index in [1.807, 2.05) is 30.2 Å². The van der Waals surface area contributed by atoms with Gasteiger partial charge in [-0.25, -0.2) is 0 Å². The third-order valence-electron chi connectivity index (χ3n) is 7.34. The summed E-state index contributed by atoms with van der Waals surface area (Å²) < 4.78 is 7.49. The van der Waals surface area contributed by atoms with E-state index >= 15 is 0 Å². The van der Waals surface area contributed by atoms with Crippen molar-refractivity contribution < 1.29 is 4.74 Å². The topological polar surface area (TPSA) is 46.4 Å². The molecule has 182 valence electrons. The van der Waals surface area contributed by atoms with Crippen LogP contribution in [0.4, 0.5) is 0 Å². The molecule has 3 aromatic rings. The number of aryl methyl sites for hydroxylation is 1. The summed E-state index contributed by atoms with van der Waals surface area (Å²) in [6, 6.07) is 17.6. The number of rotatable bonds is 11. The molecular formula is C28H39N5O. The standard InChI is InChI=1S/C28H39N5O/c1-23-26(20-30-31(23)2)21-32-15-12-25(13-16-32)28(19-24-9-5-4-6-10-24)33(17-18-34-3)22-27-11-7-8-14-29-27/h4-11,14,20,25,28H,12-13,15-19,21-22H2,1-3H3. The third kappa shape index (κ3) is 6.53. The molecule has 0 N–H and O–H groups in total. The van der Waals surface area contributed by atoms with Crippen LogP contribution in [0.1, 0.15) is 35.4 Å². The van der Waals surface area contributed by atoms with Crippen LogP contribution in [-0.4, -0.2) is 64.0 Å². The molecule has 0 amide bonds. The molecule has 1 fully saturated rings. The molecule has 6 heteroatoms. The number of hydrogen-bond donors (Lipinski definition) is 0. The fourth-order valence-corrected chi connectivity index (χ4v) is 5.16. The third-order valence-corrected chi connectivity index (χ3v) is 7.34. The molecule has 4 rings (SSSR count). The Balaban J connectivity index is 1.48. The predicted molar refractivity (Wildman–Crippen MR) is 136 cm³/mol. The van der Waals surface area contributed by atoms with Gasteiger partial charge in [-0.3, -0.25) is 19.5 Å². The predicted octanol–water partition coefficient (Wildman–Crippen LogP) is 4.10. The first-order valence-corrected chi connectivity index (χ1v) is 12.5. The minimum atomic E-state index is 0.460. The Hall–Kier alpha value is -2.54. The first-order chi connectivity index (χ1) is 16.6. The molecular weight excluding hydrogens is 422 g/mol. The van der Waals surface area contributed by atoms with Crippen molar-refractivity contribution in [2.24, 2.45) is 13.0 Å². The van der Waals surface area contributed by atoms with Crippen LogP contribution in [0.3, 0.4) is 0 Å². The highest BCUT2D eigenvalue weighted by Gasteiger charge is 2.31. The van der Waals surface area contributed by atoms with Crippen molar-refractivity contribution in [2.75, 3.05) is 33.4 Å². The highest BCUT2D eigenvalue weighted by molar-refractivity contribution is 5.17. The van der Waals surface area contributed by atoms with Gasteiger partial charge in [0.25, 0.3) is 0 Å². The Kier molecular flexibility index (Phi) is 8.85. The van der Waals surface area contributed by atoms with Gasteiger partial charge in [-0.05, 0) is 62.9 Å². The first kappa shape index (κ1) is 24.6. The van der Waals surface area contributed by atoms with Crippen LogP contribution in [0.2, 0.25) is 0 Å². The fourth-order valence-electron chi connectivity index (χ4n) is 5.16. The molecule has 1 unspecified atom stereocenters. The lowest BCUT2D eigenvalue weighted by Crippen LogP contribution is -2.47. The summed E-state index contributed by atoms with van der Waals surface area (Å²) in [5, 5.41) is 4.43. The van der Waals surface area contributed by atoms with Crippen LogP contribution >= 0.6 is 0 Å². The van der Waals surface area contributed by atoms with E-state index in [1.54, 1.807) is 7.11 Å². The van der Waals surface area contributed by atoms with Crippen molar-refractivity contribution in [3.63, 3.8) is 0 Å². The van der Waals surface area contributed by atoms with Gasteiger partial charge in [-0.2, -0.15) is 5.10 Å². The molecule has 0 aliphatic carbocycles. The zero-order valence-electron chi connectivity index (χ0n) is 20.9. The van der Waals surface area contributed by atoms with E-state index in [9.17, 15) is 0 Å². The molecule has 1 aliphatic heterocycles. The zero-order valence-corrected chi connectivity index (χ0v) is 20.9. The Morgan fingerprint density at radius 2 is 1.85 bits per heavy atom. The van der Waals surface area contributed by atoms with Crippen molar-refractivity contribution in [3.8, 4) is 0 Å². The molecule has 1 aromatic carbocycles. The summed E-state index contributed by atoms with van der Waals surface area (Å²) in [5.41, 5.74) is 5.15. The summed E-state index contributed by atoms with van der Waals surface area (Å²) in [4.78, 5) is 9.84. The van der Waals surface area contributed by atoms with E-state index in [0.717, 1.165) is 51.4 Å². The molecule has 6 nitrogen and oxygen atoms in total. The van der Waals surface area contributed by atoms with Gasteiger partial charge in [0.05, 0.1) is 18.5 Å². The van der Waals surface area contributed by atoms with Crippen LogP contribution in [0.15, 0.2) is 60.9 Å². The minimum Gasteiger partial charge on any atom is -0.383 e. The average molecular weight is 462 g/mol. The number of pyridine rings is 1. The number of likely N-dealkylation sites (tertiary alicyclic amines) is 1. The van der Waals surface area contributed by atoms with Gasteiger partial charge in [0.2, 0.25) is 0 Å². The van der Waals surface area contributed by atoms with Crippen molar-refractivity contribution in [3.05, 3.63) is 83.4 Å². The SMILES string of the molecule is COCCN(Cc1ccccn1)C(Cc1ccccc1)C1CCN(Cc2cnn(C)c2C)CC1. The molecule has 1 atom stereocenters. The molecule has 2 aromatic heterocycles. The van der Waals surface area contributed by atoms with Crippen molar-refractivity contribution in [1.82, 2.24) is 24.6 Å². The Morgan fingerprint density at radius 1 is 1.09 bits per heavy atom. The van der Waals surface area contributed by atoms with Gasteiger partial charge in [0.1, 0.15) is 0 Å². The van der Waals surface area contributed by atoms with Crippen LogP contribution in [0.25, 0.3) is 0 Å².